The zero-order valence-corrected chi connectivity index (χ0v) is 28.3. The molecule has 16 heteroatoms. The molecule has 6 aliphatic rings. The van der Waals surface area contributed by atoms with Gasteiger partial charge in [0.2, 0.25) is 0 Å². The number of hydroxylamine groups is 4. The Morgan fingerprint density at radius 3 is 1.64 bits per heavy atom. The number of aliphatic imine (C=N–C) groups is 2. The molecule has 0 unspecified atom stereocenters. The number of amides is 4. The van der Waals surface area contributed by atoms with Gasteiger partial charge in [-0.1, -0.05) is 13.8 Å². The predicted octanol–water partition coefficient (Wildman–Crippen LogP) is 2.03. The highest BCUT2D eigenvalue weighted by Gasteiger charge is 2.37. The van der Waals surface area contributed by atoms with Gasteiger partial charge in [0.1, 0.15) is 36.4 Å². The molecule has 0 spiro atoms. The van der Waals surface area contributed by atoms with Crippen LogP contribution in [0.3, 0.4) is 0 Å². The van der Waals surface area contributed by atoms with Gasteiger partial charge in [0.05, 0.1) is 61.8 Å². The van der Waals surface area contributed by atoms with Crippen LogP contribution in [-0.2, 0) is 9.68 Å². The average molecular weight is 651 g/mol. The number of hydrogen-bond acceptors (Lipinski definition) is 12. The van der Waals surface area contributed by atoms with Gasteiger partial charge >= 0.3 is 12.1 Å². The van der Waals surface area contributed by atoms with E-state index >= 15 is 0 Å². The molecule has 6 heterocycles. The lowest BCUT2D eigenvalue weighted by molar-refractivity contribution is -0.0971. The molecular formula is C31H46N12O4. The van der Waals surface area contributed by atoms with Crippen molar-refractivity contribution in [3.63, 3.8) is 0 Å². The Morgan fingerprint density at radius 2 is 1.26 bits per heavy atom. The summed E-state index contributed by atoms with van der Waals surface area (Å²) in [6, 6.07) is -0.816. The van der Waals surface area contributed by atoms with Crippen LogP contribution >= 0.6 is 0 Å². The number of urea groups is 2. The van der Waals surface area contributed by atoms with Crippen LogP contribution in [0.15, 0.2) is 79.4 Å². The van der Waals surface area contributed by atoms with Crippen LogP contribution in [0.4, 0.5) is 9.59 Å². The number of nitrogens with zero attached hydrogens (tertiary/aromatic N) is 8. The number of nitrogens with one attached hydrogen (secondary N) is 3. The molecule has 0 aromatic heterocycles. The van der Waals surface area contributed by atoms with Gasteiger partial charge in [0, 0.05) is 33.2 Å². The van der Waals surface area contributed by atoms with E-state index in [0.717, 1.165) is 90.3 Å². The average Bonchev–Trinajstić information content (AvgIpc) is 3.68. The van der Waals surface area contributed by atoms with Gasteiger partial charge in [-0.25, -0.2) is 29.7 Å². The molecule has 0 aromatic carbocycles. The third kappa shape index (κ3) is 6.64. The second kappa shape index (κ2) is 14.2. The van der Waals surface area contributed by atoms with E-state index in [1.165, 1.54) is 0 Å². The van der Waals surface area contributed by atoms with Crippen LogP contribution in [0, 0.1) is 0 Å². The second-order valence-electron chi connectivity index (χ2n) is 11.7. The Labute approximate surface area is 275 Å². The van der Waals surface area contributed by atoms with Gasteiger partial charge in [-0.15, -0.1) is 0 Å². The Hall–Kier alpha value is -4.96. The molecule has 0 radical (unpaired) electrons. The third-order valence-corrected chi connectivity index (χ3v) is 8.28. The van der Waals surface area contributed by atoms with E-state index in [-0.39, 0.29) is 6.03 Å². The van der Waals surface area contributed by atoms with Gasteiger partial charge in [0.15, 0.2) is 0 Å². The number of nitrogens with two attached hydrogens (primary N) is 1. The van der Waals surface area contributed by atoms with Crippen LogP contribution in [-0.4, -0.2) is 115 Å². The lowest BCUT2D eigenvalue weighted by Gasteiger charge is -2.40. The summed E-state index contributed by atoms with van der Waals surface area (Å²) in [6.45, 7) is 12.8. The van der Waals surface area contributed by atoms with Crippen LogP contribution in [0.25, 0.3) is 0 Å². The van der Waals surface area contributed by atoms with E-state index in [1.807, 2.05) is 32.5 Å². The summed E-state index contributed by atoms with van der Waals surface area (Å²) in [6.07, 6.45) is 9.48. The summed E-state index contributed by atoms with van der Waals surface area (Å²) in [5, 5.41) is 11.8. The summed E-state index contributed by atoms with van der Waals surface area (Å²) in [4.78, 5) is 51.9. The smallest absolute Gasteiger partial charge is 0.319 e. The molecule has 0 aliphatic carbocycles. The number of hydrogen-bond donors (Lipinski definition) is 4. The monoisotopic (exact) mass is 650 g/mol. The maximum Gasteiger partial charge on any atom is 0.319 e. The summed E-state index contributed by atoms with van der Waals surface area (Å²) < 4.78 is 0. The standard InChI is InChI=1S/C16H24N6O2.C15H22N6O2/c1-5-6-20-8-11(2)13(19-16(23)17-3)14-15(20)22-10-21(24-4)9-12(22)7-18-14;1-4-5-19-7-10(2)12(18-15(16)22)13-14(19)21-9-20(23-3)8-11(21)6-17-13/h7,9H,5-6,8,10H2,1-4H3,(H2,17,19,23);6,8H,4-5,7,9H2,1-3H3,(H3,16,18,22). The first-order chi connectivity index (χ1) is 22.6. The van der Waals surface area contributed by atoms with E-state index < -0.39 is 6.03 Å². The van der Waals surface area contributed by atoms with Crippen molar-refractivity contribution in [3.8, 4) is 0 Å². The fraction of sp³-hybridized carbons (Fsp3) is 0.484. The highest BCUT2D eigenvalue weighted by Crippen LogP contribution is 2.37. The maximum atomic E-state index is 11.8. The number of primary amides is 1. The topological polar surface area (TPSA) is 159 Å². The molecule has 16 nitrogen and oxygen atoms in total. The molecule has 6 aliphatic heterocycles. The second-order valence-corrected chi connectivity index (χ2v) is 11.7. The molecule has 0 atom stereocenters. The summed E-state index contributed by atoms with van der Waals surface area (Å²) in [5.41, 5.74) is 12.4. The van der Waals surface area contributed by atoms with E-state index in [9.17, 15) is 9.59 Å². The van der Waals surface area contributed by atoms with Crippen molar-refractivity contribution >= 4 is 24.5 Å². The SMILES string of the molecule is CCCN1CC(C)=C(NC(=O)NC)C2=C1N1CN(OC)C=C1C=N2.CCCN1CC(C)=C(NC(N)=O)C2=C1N1CN(OC)C=C1C=N2. The molecule has 254 valence electrons. The van der Waals surface area contributed by atoms with Crippen molar-refractivity contribution in [1.29, 1.82) is 0 Å². The number of allylic oxidation sites excluding steroid dienone is 2. The van der Waals surface area contributed by atoms with Crippen LogP contribution in [0.1, 0.15) is 40.5 Å². The molecule has 0 bridgehead atoms. The molecule has 0 saturated heterocycles. The first kappa shape index (κ1) is 33.4. The van der Waals surface area contributed by atoms with E-state index in [4.69, 9.17) is 15.4 Å². The van der Waals surface area contributed by atoms with Gasteiger partial charge < -0.3 is 41.3 Å². The first-order valence-electron chi connectivity index (χ1n) is 15.8. The van der Waals surface area contributed by atoms with Crippen LogP contribution in [0.2, 0.25) is 0 Å². The molecular weight excluding hydrogens is 604 g/mol. The van der Waals surface area contributed by atoms with Crippen molar-refractivity contribution in [3.05, 3.63) is 69.4 Å². The quantitative estimate of drug-likeness (QED) is 0.306. The Balaban J connectivity index is 0.000000185. The summed E-state index contributed by atoms with van der Waals surface area (Å²) in [5.74, 6) is 2.00. The minimum atomic E-state index is -0.577. The molecule has 0 aromatic rings. The zero-order chi connectivity index (χ0) is 33.8. The lowest BCUT2D eigenvalue weighted by Crippen LogP contribution is -2.45. The molecule has 0 fully saturated rings. The van der Waals surface area contributed by atoms with E-state index in [0.29, 0.717) is 19.0 Å². The van der Waals surface area contributed by atoms with Crippen molar-refractivity contribution in [2.45, 2.75) is 40.5 Å². The van der Waals surface area contributed by atoms with Crippen LogP contribution in [0.5, 0.6) is 0 Å². The van der Waals surface area contributed by atoms with Crippen molar-refractivity contribution in [2.75, 3.05) is 60.8 Å². The minimum Gasteiger partial charge on any atom is -0.352 e. The molecule has 0 saturated carbocycles. The van der Waals surface area contributed by atoms with E-state index in [1.54, 1.807) is 37.6 Å². The molecule has 4 amide bonds. The molecule has 5 N–H and O–H groups in total. The first-order valence-corrected chi connectivity index (χ1v) is 15.8. The predicted molar refractivity (Wildman–Crippen MR) is 178 cm³/mol. The Morgan fingerprint density at radius 1 is 0.809 bits per heavy atom. The summed E-state index contributed by atoms with van der Waals surface area (Å²) in [7, 11) is 4.89. The fourth-order valence-corrected chi connectivity index (χ4v) is 6.22. The fourth-order valence-electron chi connectivity index (χ4n) is 6.22. The van der Waals surface area contributed by atoms with E-state index in [2.05, 4.69) is 59.4 Å². The van der Waals surface area contributed by atoms with Gasteiger partial charge in [0.25, 0.3) is 0 Å². The number of rotatable bonds is 8. The number of fused-ring (bicyclic) bond motifs is 4. The van der Waals surface area contributed by atoms with Crippen LogP contribution < -0.4 is 21.7 Å². The minimum absolute atomic E-state index is 0.239. The van der Waals surface area contributed by atoms with Gasteiger partial charge in [-0.3, -0.25) is 9.68 Å². The van der Waals surface area contributed by atoms with Crippen molar-refractivity contribution < 1.29 is 19.3 Å². The maximum absolute atomic E-state index is 11.8. The molecule has 47 heavy (non-hydrogen) atoms. The number of carbonyl (C=O) groups excluding carboxylic acids is 2. The highest BCUT2D eigenvalue weighted by molar-refractivity contribution is 5.84. The highest BCUT2D eigenvalue weighted by atomic mass is 16.7. The van der Waals surface area contributed by atoms with Gasteiger partial charge in [-0.2, -0.15) is 0 Å². The largest absolute Gasteiger partial charge is 0.352 e. The zero-order valence-electron chi connectivity index (χ0n) is 28.3. The Kier molecular flexibility index (Phi) is 10.1. The molecule has 6 rings (SSSR count). The Bertz CT molecular complexity index is 1540. The van der Waals surface area contributed by atoms with Gasteiger partial charge in [-0.05, 0) is 37.8 Å². The number of carbonyl (C=O) groups is 2. The lowest BCUT2D eigenvalue weighted by atomic mass is 10.1. The summed E-state index contributed by atoms with van der Waals surface area (Å²) >= 11 is 0. The van der Waals surface area contributed by atoms with Crippen molar-refractivity contribution in [1.82, 2.24) is 45.7 Å². The normalized spacial score (nSPS) is 19.7. The third-order valence-electron chi connectivity index (χ3n) is 8.28. The van der Waals surface area contributed by atoms with Crippen molar-refractivity contribution in [2.24, 2.45) is 15.7 Å².